The van der Waals surface area contributed by atoms with E-state index in [1.807, 2.05) is 0 Å². The molecule has 0 aliphatic heterocycles. The van der Waals surface area contributed by atoms with Gasteiger partial charge in [0.25, 0.3) is 0 Å². The number of benzene rings is 1. The molecule has 0 spiro atoms. The Bertz CT molecular complexity index is 245. The first-order chi connectivity index (χ1) is 5.75. The van der Waals surface area contributed by atoms with Crippen LogP contribution in [0.3, 0.4) is 0 Å². The molecule has 0 bridgehead atoms. The Kier molecular flexibility index (Phi) is 3.79. The van der Waals surface area contributed by atoms with Crippen LogP contribution in [0.2, 0.25) is 5.02 Å². The first kappa shape index (κ1) is 9.78. The number of hydrogen-bond donors (Lipinski definition) is 0. The Labute approximate surface area is 80.0 Å². The number of ether oxygens (including phenoxy) is 1. The van der Waals surface area contributed by atoms with E-state index in [0.717, 1.165) is 0 Å². The molecule has 1 aromatic rings. The Hall–Kier alpha value is -0.310. The largest absolute Gasteiger partial charge is 0.361 e. The molecule has 0 heterocycles. The van der Waals surface area contributed by atoms with Crippen molar-refractivity contribution in [2.75, 3.05) is 6.07 Å². The Morgan fingerprint density at radius 2 is 2.17 bits per heavy atom. The Morgan fingerprint density at radius 3 is 2.75 bits per heavy atom. The number of rotatable bonds is 3. The summed E-state index contributed by atoms with van der Waals surface area (Å²) in [5.41, 5.74) is 0.347. The maximum absolute atomic E-state index is 13.0. The lowest BCUT2D eigenvalue weighted by Crippen LogP contribution is -1.95. The molecule has 1 nitrogen and oxygen atoms in total. The van der Waals surface area contributed by atoms with E-state index in [1.165, 1.54) is 6.07 Å². The summed E-state index contributed by atoms with van der Waals surface area (Å²) in [5, 5.41) is 0.361. The molecule has 0 unspecified atom stereocenters. The van der Waals surface area contributed by atoms with E-state index >= 15 is 0 Å². The van der Waals surface area contributed by atoms with Crippen molar-refractivity contribution in [2.24, 2.45) is 0 Å². The van der Waals surface area contributed by atoms with Gasteiger partial charge in [0.1, 0.15) is 11.9 Å². The van der Waals surface area contributed by atoms with Gasteiger partial charge >= 0.3 is 0 Å². The van der Waals surface area contributed by atoms with Crippen LogP contribution in [0.4, 0.5) is 4.39 Å². The lowest BCUT2D eigenvalue weighted by atomic mass is 10.2. The average molecular weight is 209 g/mol. The van der Waals surface area contributed by atoms with Gasteiger partial charge in [-0.05, 0) is 12.1 Å². The molecule has 0 atom stereocenters. The SMILES string of the molecule is Fc1cccc(Cl)c1COCCl. The normalized spacial score (nSPS) is 10.2. The fourth-order valence-corrected chi connectivity index (χ4v) is 1.11. The van der Waals surface area contributed by atoms with Crippen LogP contribution in [-0.2, 0) is 11.3 Å². The molecular weight excluding hydrogens is 202 g/mol. The molecule has 0 radical (unpaired) electrons. The van der Waals surface area contributed by atoms with Gasteiger partial charge in [0.2, 0.25) is 0 Å². The second kappa shape index (κ2) is 4.65. The molecule has 0 aliphatic rings. The summed E-state index contributed by atoms with van der Waals surface area (Å²) in [6.07, 6.45) is 0. The molecule has 0 fully saturated rings. The van der Waals surface area contributed by atoms with Gasteiger partial charge in [-0.15, -0.1) is 0 Å². The molecule has 12 heavy (non-hydrogen) atoms. The van der Waals surface area contributed by atoms with Crippen molar-refractivity contribution < 1.29 is 9.13 Å². The van der Waals surface area contributed by atoms with E-state index in [9.17, 15) is 4.39 Å². The zero-order valence-electron chi connectivity index (χ0n) is 6.19. The van der Waals surface area contributed by atoms with Crippen molar-refractivity contribution in [3.05, 3.63) is 34.6 Å². The molecule has 0 saturated heterocycles. The average Bonchev–Trinajstić information content (AvgIpc) is 2.04. The number of halogens is 3. The van der Waals surface area contributed by atoms with Crippen LogP contribution in [0.25, 0.3) is 0 Å². The predicted octanol–water partition coefficient (Wildman–Crippen LogP) is 3.19. The fraction of sp³-hybridized carbons (Fsp3) is 0.250. The van der Waals surface area contributed by atoms with Crippen molar-refractivity contribution in [3.63, 3.8) is 0 Å². The number of alkyl halides is 1. The first-order valence-electron chi connectivity index (χ1n) is 3.32. The van der Waals surface area contributed by atoms with Crippen LogP contribution in [0, 0.1) is 5.82 Å². The van der Waals surface area contributed by atoms with Gasteiger partial charge in [0.05, 0.1) is 6.61 Å². The van der Waals surface area contributed by atoms with Crippen molar-refractivity contribution in [2.45, 2.75) is 6.61 Å². The summed E-state index contributed by atoms with van der Waals surface area (Å²) in [5.74, 6) is -0.368. The van der Waals surface area contributed by atoms with Crippen molar-refractivity contribution in [3.8, 4) is 0 Å². The summed E-state index contributed by atoms with van der Waals surface area (Å²) in [7, 11) is 0. The molecule has 0 saturated carbocycles. The number of hydrogen-bond acceptors (Lipinski definition) is 1. The third kappa shape index (κ3) is 2.34. The second-order valence-corrected chi connectivity index (χ2v) is 2.78. The highest BCUT2D eigenvalue weighted by Crippen LogP contribution is 2.19. The molecular formula is C8H7Cl2FO. The van der Waals surface area contributed by atoms with Gasteiger partial charge in [0.15, 0.2) is 0 Å². The van der Waals surface area contributed by atoms with E-state index < -0.39 is 0 Å². The predicted molar refractivity (Wildman–Crippen MR) is 46.9 cm³/mol. The van der Waals surface area contributed by atoms with E-state index in [1.54, 1.807) is 12.1 Å². The quantitative estimate of drug-likeness (QED) is 0.694. The molecule has 0 aliphatic carbocycles. The van der Waals surface area contributed by atoms with Gasteiger partial charge < -0.3 is 4.74 Å². The minimum absolute atomic E-state index is 0.0324. The van der Waals surface area contributed by atoms with Gasteiger partial charge in [-0.25, -0.2) is 4.39 Å². The van der Waals surface area contributed by atoms with Gasteiger partial charge in [0, 0.05) is 10.6 Å². The minimum atomic E-state index is -0.368. The third-order valence-electron chi connectivity index (χ3n) is 1.39. The van der Waals surface area contributed by atoms with Gasteiger partial charge in [-0.2, -0.15) is 0 Å². The molecule has 0 N–H and O–H groups in total. The van der Waals surface area contributed by atoms with E-state index in [-0.39, 0.29) is 18.5 Å². The summed E-state index contributed by atoms with van der Waals surface area (Å²) < 4.78 is 17.8. The highest BCUT2D eigenvalue weighted by atomic mass is 35.5. The van der Waals surface area contributed by atoms with Crippen molar-refractivity contribution in [1.82, 2.24) is 0 Å². The van der Waals surface area contributed by atoms with Crippen molar-refractivity contribution >= 4 is 23.2 Å². The summed E-state index contributed by atoms with van der Waals surface area (Å²) in [4.78, 5) is 0. The molecule has 66 valence electrons. The standard InChI is InChI=1S/C8H7Cl2FO/c9-5-12-4-6-7(10)2-1-3-8(6)11/h1-3H,4-5H2. The smallest absolute Gasteiger partial charge is 0.130 e. The van der Waals surface area contributed by atoms with E-state index in [4.69, 9.17) is 27.9 Å². The summed E-state index contributed by atoms with van der Waals surface area (Å²) in [6, 6.07) is 4.52. The van der Waals surface area contributed by atoms with Crippen LogP contribution >= 0.6 is 23.2 Å². The molecule has 0 aromatic heterocycles. The van der Waals surface area contributed by atoms with Crippen LogP contribution in [0.1, 0.15) is 5.56 Å². The zero-order valence-corrected chi connectivity index (χ0v) is 7.70. The van der Waals surface area contributed by atoms with Crippen LogP contribution in [0.5, 0.6) is 0 Å². The van der Waals surface area contributed by atoms with Crippen LogP contribution < -0.4 is 0 Å². The van der Waals surface area contributed by atoms with Gasteiger partial charge in [-0.3, -0.25) is 0 Å². The van der Waals surface area contributed by atoms with Gasteiger partial charge in [-0.1, -0.05) is 29.3 Å². The fourth-order valence-electron chi connectivity index (χ4n) is 0.811. The minimum Gasteiger partial charge on any atom is -0.361 e. The van der Waals surface area contributed by atoms with E-state index in [0.29, 0.717) is 10.6 Å². The molecule has 1 rings (SSSR count). The maximum atomic E-state index is 13.0. The van der Waals surface area contributed by atoms with Crippen LogP contribution in [0.15, 0.2) is 18.2 Å². The highest BCUT2D eigenvalue weighted by molar-refractivity contribution is 6.31. The molecule has 4 heteroatoms. The second-order valence-electron chi connectivity index (χ2n) is 2.16. The lowest BCUT2D eigenvalue weighted by molar-refractivity contribution is 0.162. The summed E-state index contributed by atoms with van der Waals surface area (Å²) in [6.45, 7) is 0.106. The maximum Gasteiger partial charge on any atom is 0.130 e. The molecule has 1 aromatic carbocycles. The third-order valence-corrected chi connectivity index (χ3v) is 1.89. The zero-order chi connectivity index (χ0) is 8.97. The lowest BCUT2D eigenvalue weighted by Gasteiger charge is -2.04. The Morgan fingerprint density at radius 1 is 1.42 bits per heavy atom. The van der Waals surface area contributed by atoms with Crippen LogP contribution in [-0.4, -0.2) is 6.07 Å². The van der Waals surface area contributed by atoms with Crippen molar-refractivity contribution in [1.29, 1.82) is 0 Å². The first-order valence-corrected chi connectivity index (χ1v) is 4.23. The highest BCUT2D eigenvalue weighted by Gasteiger charge is 2.05. The summed E-state index contributed by atoms with van der Waals surface area (Å²) >= 11 is 11.0. The topological polar surface area (TPSA) is 9.23 Å². The molecule has 0 amide bonds. The van der Waals surface area contributed by atoms with E-state index in [2.05, 4.69) is 0 Å². The monoisotopic (exact) mass is 208 g/mol. The Balaban J connectivity index is 2.81.